The molecular weight excluding hydrogens is 349 g/mol. The first-order valence-corrected chi connectivity index (χ1v) is 9.52. The molecule has 1 heterocycles. The Kier molecular flexibility index (Phi) is 9.52. The van der Waals surface area contributed by atoms with Crippen LogP contribution < -0.4 is 5.32 Å². The molecule has 1 aliphatic heterocycles. The van der Waals surface area contributed by atoms with Gasteiger partial charge in [0.05, 0.1) is 12.2 Å². The van der Waals surface area contributed by atoms with Gasteiger partial charge in [0.2, 0.25) is 0 Å². The summed E-state index contributed by atoms with van der Waals surface area (Å²) in [5, 5.41) is 3.38. The molecule has 1 unspecified atom stereocenters. The van der Waals surface area contributed by atoms with Crippen LogP contribution in [0.4, 0.5) is 4.39 Å². The highest BCUT2D eigenvalue weighted by molar-refractivity contribution is 5.80. The predicted molar refractivity (Wildman–Crippen MR) is 105 cm³/mol. The van der Waals surface area contributed by atoms with Crippen molar-refractivity contribution in [2.45, 2.75) is 31.5 Å². The van der Waals surface area contributed by atoms with Gasteiger partial charge in [0.25, 0.3) is 0 Å². The van der Waals surface area contributed by atoms with E-state index in [4.69, 9.17) is 14.2 Å². The molecule has 0 amide bonds. The molecule has 1 fully saturated rings. The van der Waals surface area contributed by atoms with E-state index in [0.29, 0.717) is 12.6 Å². The van der Waals surface area contributed by atoms with Crippen molar-refractivity contribution < 1.29 is 18.6 Å². The molecule has 0 spiro atoms. The van der Waals surface area contributed by atoms with Crippen LogP contribution in [0.2, 0.25) is 0 Å². The summed E-state index contributed by atoms with van der Waals surface area (Å²) >= 11 is 0. The van der Waals surface area contributed by atoms with Crippen LogP contribution in [0.5, 0.6) is 0 Å². The third-order valence-electron chi connectivity index (χ3n) is 4.77. The predicted octanol–water partition coefficient (Wildman–Crippen LogP) is 2.61. The van der Waals surface area contributed by atoms with E-state index in [-0.39, 0.29) is 11.9 Å². The number of nitrogens with one attached hydrogen (secondary N) is 1. The van der Waals surface area contributed by atoms with Crippen molar-refractivity contribution in [3.8, 4) is 0 Å². The molecule has 1 saturated heterocycles. The molecule has 0 radical (unpaired) electrons. The molecule has 1 aromatic carbocycles. The number of ether oxygens (including phenoxy) is 3. The fourth-order valence-electron chi connectivity index (χ4n) is 3.22. The maximum absolute atomic E-state index is 13.1. The van der Waals surface area contributed by atoms with Crippen molar-refractivity contribution in [3.63, 3.8) is 0 Å². The van der Waals surface area contributed by atoms with Gasteiger partial charge in [-0.3, -0.25) is 4.99 Å². The third-order valence-corrected chi connectivity index (χ3v) is 4.77. The highest BCUT2D eigenvalue weighted by Gasteiger charge is 2.22. The summed E-state index contributed by atoms with van der Waals surface area (Å²) in [6.07, 6.45) is 3.05. The minimum absolute atomic E-state index is 0.163. The van der Waals surface area contributed by atoms with E-state index in [2.05, 4.69) is 15.2 Å². The summed E-state index contributed by atoms with van der Waals surface area (Å²) < 4.78 is 29.6. The number of hydrogen-bond donors (Lipinski definition) is 1. The van der Waals surface area contributed by atoms with Crippen LogP contribution in [0.3, 0.4) is 0 Å². The topological polar surface area (TPSA) is 55.3 Å². The van der Waals surface area contributed by atoms with E-state index in [0.717, 1.165) is 57.1 Å². The quantitative estimate of drug-likeness (QED) is 0.405. The largest absolute Gasteiger partial charge is 0.385 e. The number of aliphatic imine (C=N–C) groups is 1. The van der Waals surface area contributed by atoms with E-state index < -0.39 is 0 Å². The Balaban J connectivity index is 1.77. The molecule has 0 bridgehead atoms. The number of benzene rings is 1. The van der Waals surface area contributed by atoms with Gasteiger partial charge >= 0.3 is 0 Å². The molecule has 0 aliphatic carbocycles. The summed E-state index contributed by atoms with van der Waals surface area (Å²) in [6.45, 7) is 3.87. The van der Waals surface area contributed by atoms with Gasteiger partial charge in [0.1, 0.15) is 5.82 Å². The Labute approximate surface area is 161 Å². The molecule has 0 aromatic heterocycles. The van der Waals surface area contributed by atoms with Crippen LogP contribution in [0.25, 0.3) is 0 Å². The Bertz CT molecular complexity index is 560. The molecule has 6 nitrogen and oxygen atoms in total. The average molecular weight is 381 g/mol. The fourth-order valence-corrected chi connectivity index (χ4v) is 3.22. The van der Waals surface area contributed by atoms with Crippen molar-refractivity contribution in [1.82, 2.24) is 10.2 Å². The maximum atomic E-state index is 13.1. The number of rotatable bonds is 9. The highest BCUT2D eigenvalue weighted by atomic mass is 19.1. The molecular formula is C20H32FN3O3. The zero-order chi connectivity index (χ0) is 19.5. The zero-order valence-electron chi connectivity index (χ0n) is 16.6. The van der Waals surface area contributed by atoms with E-state index in [9.17, 15) is 4.39 Å². The molecule has 27 heavy (non-hydrogen) atoms. The van der Waals surface area contributed by atoms with Gasteiger partial charge < -0.3 is 24.4 Å². The summed E-state index contributed by atoms with van der Waals surface area (Å²) in [5.74, 6) is 0.613. The van der Waals surface area contributed by atoms with Crippen molar-refractivity contribution in [1.29, 1.82) is 0 Å². The number of guanidine groups is 1. The van der Waals surface area contributed by atoms with Crippen molar-refractivity contribution in [3.05, 3.63) is 35.6 Å². The molecule has 7 heteroatoms. The second-order valence-electron chi connectivity index (χ2n) is 6.61. The van der Waals surface area contributed by atoms with Crippen molar-refractivity contribution >= 4 is 5.96 Å². The first kappa shape index (κ1) is 21.6. The Morgan fingerprint density at radius 1 is 1.22 bits per heavy atom. The Hall–Kier alpha value is -1.70. The van der Waals surface area contributed by atoms with E-state index in [1.54, 1.807) is 33.4 Å². The van der Waals surface area contributed by atoms with Gasteiger partial charge in [-0.15, -0.1) is 0 Å². The van der Waals surface area contributed by atoms with E-state index in [1.165, 1.54) is 12.1 Å². The first-order chi connectivity index (χ1) is 13.2. The van der Waals surface area contributed by atoms with Crippen LogP contribution in [-0.4, -0.2) is 71.1 Å². The highest BCUT2D eigenvalue weighted by Crippen LogP contribution is 2.17. The molecule has 1 aromatic rings. The van der Waals surface area contributed by atoms with Crippen LogP contribution in [0.15, 0.2) is 29.3 Å². The van der Waals surface area contributed by atoms with Gasteiger partial charge in [-0.25, -0.2) is 4.39 Å². The molecule has 2 rings (SSSR count). The summed E-state index contributed by atoms with van der Waals surface area (Å²) in [6, 6.07) is 6.40. The van der Waals surface area contributed by atoms with Crippen molar-refractivity contribution in [2.75, 3.05) is 54.1 Å². The average Bonchev–Trinajstić information content (AvgIpc) is 2.70. The lowest BCUT2D eigenvalue weighted by molar-refractivity contribution is 0.00974. The van der Waals surface area contributed by atoms with Crippen LogP contribution in [0, 0.1) is 5.82 Å². The minimum atomic E-state index is -0.246. The number of hydrogen-bond acceptors (Lipinski definition) is 4. The fraction of sp³-hybridized carbons (Fsp3) is 0.650. The lowest BCUT2D eigenvalue weighted by Crippen LogP contribution is -2.48. The number of likely N-dealkylation sites (tertiary alicyclic amines) is 1. The standard InChI is InChI=1S/C20H32FN3O3/c1-22-20(23-15-19(26-3)16-5-7-17(21)8-6-16)24-11-9-18(10-12-24)27-14-4-13-25-2/h5-8,18-19H,4,9-15H2,1-3H3,(H,22,23). The molecule has 152 valence electrons. The second-order valence-corrected chi connectivity index (χ2v) is 6.61. The summed E-state index contributed by atoms with van der Waals surface area (Å²) in [7, 11) is 5.15. The van der Waals surface area contributed by atoms with Crippen LogP contribution in [-0.2, 0) is 14.2 Å². The van der Waals surface area contributed by atoms with Crippen molar-refractivity contribution in [2.24, 2.45) is 4.99 Å². The number of methoxy groups -OCH3 is 2. The third kappa shape index (κ3) is 7.08. The van der Waals surface area contributed by atoms with Gasteiger partial charge in [0.15, 0.2) is 5.96 Å². The lowest BCUT2D eigenvalue weighted by atomic mass is 10.1. The first-order valence-electron chi connectivity index (χ1n) is 9.52. The van der Waals surface area contributed by atoms with Gasteiger partial charge in [-0.1, -0.05) is 12.1 Å². The Morgan fingerprint density at radius 3 is 2.52 bits per heavy atom. The van der Waals surface area contributed by atoms with E-state index in [1.807, 2.05) is 0 Å². The normalized spacial score (nSPS) is 17.2. The Morgan fingerprint density at radius 2 is 1.93 bits per heavy atom. The van der Waals surface area contributed by atoms with Crippen LogP contribution in [0.1, 0.15) is 30.9 Å². The van der Waals surface area contributed by atoms with E-state index >= 15 is 0 Å². The molecule has 1 aliphatic rings. The monoisotopic (exact) mass is 381 g/mol. The minimum Gasteiger partial charge on any atom is -0.385 e. The maximum Gasteiger partial charge on any atom is 0.193 e. The zero-order valence-corrected chi connectivity index (χ0v) is 16.6. The summed E-state index contributed by atoms with van der Waals surface area (Å²) in [5.41, 5.74) is 0.935. The molecule has 0 saturated carbocycles. The molecule has 1 atom stereocenters. The lowest BCUT2D eigenvalue weighted by Gasteiger charge is -2.34. The van der Waals surface area contributed by atoms with Gasteiger partial charge in [-0.2, -0.15) is 0 Å². The van der Waals surface area contributed by atoms with Crippen LogP contribution >= 0.6 is 0 Å². The number of nitrogens with zero attached hydrogens (tertiary/aromatic N) is 2. The smallest absolute Gasteiger partial charge is 0.193 e. The second kappa shape index (κ2) is 11.9. The SMILES string of the molecule is CN=C(NCC(OC)c1ccc(F)cc1)N1CCC(OCCCOC)CC1. The van der Waals surface area contributed by atoms with Gasteiger partial charge in [-0.05, 0) is 37.0 Å². The number of halogens is 1. The molecule has 1 N–H and O–H groups in total. The summed E-state index contributed by atoms with van der Waals surface area (Å²) in [4.78, 5) is 6.64. The number of piperidine rings is 1. The van der Waals surface area contributed by atoms with Gasteiger partial charge in [0, 0.05) is 54.1 Å².